The van der Waals surface area contributed by atoms with Crippen LogP contribution in [0.5, 0.6) is 0 Å². The molecule has 2 N–H and O–H groups in total. The van der Waals surface area contributed by atoms with Gasteiger partial charge in [-0.1, -0.05) is 6.07 Å². The lowest BCUT2D eigenvalue weighted by molar-refractivity contribution is -0.125. The summed E-state index contributed by atoms with van der Waals surface area (Å²) in [5.41, 5.74) is -0.272. The highest BCUT2D eigenvalue weighted by atomic mass is 32.2. The predicted octanol–water partition coefficient (Wildman–Crippen LogP) is 1.38. The number of nitrogens with zero attached hydrogens (tertiary/aromatic N) is 2. The van der Waals surface area contributed by atoms with Gasteiger partial charge in [0.05, 0.1) is 4.90 Å². The first-order chi connectivity index (χ1) is 12.9. The normalized spacial score (nSPS) is 15.3. The fourth-order valence-electron chi connectivity index (χ4n) is 2.71. The van der Waals surface area contributed by atoms with Gasteiger partial charge in [-0.25, -0.2) is 17.9 Å². The van der Waals surface area contributed by atoms with Gasteiger partial charge in [-0.2, -0.15) is 0 Å². The molecule has 0 aromatic heterocycles. The molecule has 4 amide bonds. The molecule has 1 aliphatic rings. The fraction of sp³-hybridized carbons (Fsp3) is 0.500. The first-order valence-corrected chi connectivity index (χ1v) is 10.4. The topological polar surface area (TPSA) is 116 Å². The number of imide groups is 1. The van der Waals surface area contributed by atoms with E-state index in [-0.39, 0.29) is 42.3 Å². The Morgan fingerprint density at radius 2 is 1.89 bits per heavy atom. The second-order valence-electron chi connectivity index (χ2n) is 7.72. The Bertz CT molecular complexity index is 876. The summed E-state index contributed by atoms with van der Waals surface area (Å²) < 4.78 is 27.3. The molecule has 1 aromatic carbocycles. The molecule has 0 radical (unpaired) electrons. The Hall–Kier alpha value is -2.46. The van der Waals surface area contributed by atoms with Crippen LogP contribution in [0.2, 0.25) is 0 Å². The lowest BCUT2D eigenvalue weighted by Crippen LogP contribution is -2.40. The Kier molecular flexibility index (Phi) is 6.45. The first-order valence-electron chi connectivity index (χ1n) is 8.88. The van der Waals surface area contributed by atoms with Crippen molar-refractivity contribution in [1.29, 1.82) is 0 Å². The molecule has 1 saturated heterocycles. The standard InChI is InChI=1S/C18H26N4O5S/c1-18(2,3)20-28(26,27)14-8-5-7-13(11-14)19-15(23)9-6-10-22-16(24)12-21(4)17(22)25/h5,7-8,11,20H,6,9-10,12H2,1-4H3,(H,19,23). The summed E-state index contributed by atoms with van der Waals surface area (Å²) in [6.07, 6.45) is 0.415. The van der Waals surface area contributed by atoms with Gasteiger partial charge in [0.1, 0.15) is 6.54 Å². The minimum Gasteiger partial charge on any atom is -0.326 e. The molecule has 0 aliphatic carbocycles. The third-order valence-electron chi connectivity index (χ3n) is 3.89. The molecule has 1 heterocycles. The third-order valence-corrected chi connectivity index (χ3v) is 5.64. The number of hydrogen-bond donors (Lipinski definition) is 2. The van der Waals surface area contributed by atoms with E-state index < -0.39 is 15.6 Å². The lowest BCUT2D eigenvalue weighted by atomic mass is 10.1. The maximum absolute atomic E-state index is 12.4. The van der Waals surface area contributed by atoms with Crippen molar-refractivity contribution in [2.45, 2.75) is 44.0 Å². The van der Waals surface area contributed by atoms with Gasteiger partial charge in [0.15, 0.2) is 0 Å². The van der Waals surface area contributed by atoms with E-state index in [1.54, 1.807) is 40.0 Å². The molecule has 154 valence electrons. The van der Waals surface area contributed by atoms with Gasteiger partial charge < -0.3 is 10.2 Å². The molecule has 0 atom stereocenters. The van der Waals surface area contributed by atoms with E-state index in [1.165, 1.54) is 17.0 Å². The lowest BCUT2D eigenvalue weighted by Gasteiger charge is -2.20. The maximum Gasteiger partial charge on any atom is 0.326 e. The number of carbonyl (C=O) groups is 3. The number of anilines is 1. The number of likely N-dealkylation sites (N-methyl/N-ethyl adjacent to an activating group) is 1. The van der Waals surface area contributed by atoms with Crippen LogP contribution in [-0.2, 0) is 19.6 Å². The Labute approximate surface area is 165 Å². The van der Waals surface area contributed by atoms with Gasteiger partial charge in [0.2, 0.25) is 21.8 Å². The van der Waals surface area contributed by atoms with Crippen LogP contribution in [0.1, 0.15) is 33.6 Å². The third kappa shape index (κ3) is 5.77. The summed E-state index contributed by atoms with van der Waals surface area (Å²) in [5, 5.41) is 2.64. The molecule has 28 heavy (non-hydrogen) atoms. The molecule has 0 spiro atoms. The van der Waals surface area contributed by atoms with Crippen LogP contribution >= 0.6 is 0 Å². The van der Waals surface area contributed by atoms with Gasteiger partial charge >= 0.3 is 6.03 Å². The molecule has 1 fully saturated rings. The van der Waals surface area contributed by atoms with E-state index in [0.717, 1.165) is 4.90 Å². The highest BCUT2D eigenvalue weighted by Gasteiger charge is 2.32. The van der Waals surface area contributed by atoms with Gasteiger partial charge in [0.25, 0.3) is 0 Å². The molecule has 1 aromatic rings. The zero-order chi connectivity index (χ0) is 21.1. The van der Waals surface area contributed by atoms with Crippen LogP contribution in [0, 0.1) is 0 Å². The number of benzene rings is 1. The maximum atomic E-state index is 12.4. The zero-order valence-corrected chi connectivity index (χ0v) is 17.3. The average Bonchev–Trinajstić information content (AvgIpc) is 2.79. The Morgan fingerprint density at radius 1 is 1.21 bits per heavy atom. The molecular weight excluding hydrogens is 384 g/mol. The van der Waals surface area contributed by atoms with Crippen LogP contribution in [0.4, 0.5) is 10.5 Å². The van der Waals surface area contributed by atoms with Crippen molar-refractivity contribution < 1.29 is 22.8 Å². The minimum absolute atomic E-state index is 0.0505. The summed E-state index contributed by atoms with van der Waals surface area (Å²) in [5.74, 6) is -0.608. The first kappa shape index (κ1) is 21.8. The van der Waals surface area contributed by atoms with Crippen LogP contribution in [0.25, 0.3) is 0 Å². The minimum atomic E-state index is -3.71. The van der Waals surface area contributed by atoms with Crippen LogP contribution in [0.3, 0.4) is 0 Å². The van der Waals surface area contributed by atoms with Crippen molar-refractivity contribution in [3.8, 4) is 0 Å². The highest BCUT2D eigenvalue weighted by Crippen LogP contribution is 2.18. The molecular formula is C18H26N4O5S. The number of carbonyl (C=O) groups excluding carboxylic acids is 3. The molecule has 0 bridgehead atoms. The quantitative estimate of drug-likeness (QED) is 0.659. The van der Waals surface area contributed by atoms with Gasteiger partial charge in [-0.05, 0) is 45.4 Å². The molecule has 9 nitrogen and oxygen atoms in total. The smallest absolute Gasteiger partial charge is 0.326 e. The van der Waals surface area contributed by atoms with E-state index >= 15 is 0 Å². The number of rotatable bonds is 7. The summed E-state index contributed by atoms with van der Waals surface area (Å²) in [7, 11) is -2.17. The number of urea groups is 1. The summed E-state index contributed by atoms with van der Waals surface area (Å²) in [6, 6.07) is 5.61. The van der Waals surface area contributed by atoms with E-state index in [0.29, 0.717) is 12.1 Å². The molecule has 2 rings (SSSR count). The van der Waals surface area contributed by atoms with Crippen molar-refractivity contribution in [3.63, 3.8) is 0 Å². The summed E-state index contributed by atoms with van der Waals surface area (Å²) >= 11 is 0. The van der Waals surface area contributed by atoms with Crippen LogP contribution in [0.15, 0.2) is 29.2 Å². The number of amides is 4. The molecule has 1 aliphatic heterocycles. The Morgan fingerprint density at radius 3 is 2.46 bits per heavy atom. The van der Waals surface area contributed by atoms with Crippen LogP contribution in [-0.4, -0.2) is 61.7 Å². The summed E-state index contributed by atoms with van der Waals surface area (Å²) in [4.78, 5) is 38.1. The molecule has 0 saturated carbocycles. The Balaban J connectivity index is 1.92. The highest BCUT2D eigenvalue weighted by molar-refractivity contribution is 7.89. The van der Waals surface area contributed by atoms with E-state index in [2.05, 4.69) is 10.0 Å². The molecule has 0 unspecified atom stereocenters. The SMILES string of the molecule is CN1CC(=O)N(CCCC(=O)Nc2cccc(S(=O)(=O)NC(C)(C)C)c2)C1=O. The predicted molar refractivity (Wildman–Crippen MR) is 104 cm³/mol. The number of nitrogens with one attached hydrogen (secondary N) is 2. The molecule has 10 heteroatoms. The number of sulfonamides is 1. The van der Waals surface area contributed by atoms with E-state index in [1.807, 2.05) is 0 Å². The second kappa shape index (κ2) is 8.27. The van der Waals surface area contributed by atoms with Gasteiger partial charge in [0, 0.05) is 31.2 Å². The van der Waals surface area contributed by atoms with Gasteiger partial charge in [-0.3, -0.25) is 14.5 Å². The largest absolute Gasteiger partial charge is 0.326 e. The van der Waals surface area contributed by atoms with Crippen molar-refractivity contribution in [1.82, 2.24) is 14.5 Å². The summed E-state index contributed by atoms with van der Waals surface area (Å²) in [6.45, 7) is 5.44. The van der Waals surface area contributed by atoms with Crippen molar-refractivity contribution in [2.24, 2.45) is 0 Å². The average molecular weight is 410 g/mol. The zero-order valence-electron chi connectivity index (χ0n) is 16.5. The number of hydrogen-bond acceptors (Lipinski definition) is 5. The van der Waals surface area contributed by atoms with Crippen molar-refractivity contribution in [3.05, 3.63) is 24.3 Å². The monoisotopic (exact) mass is 410 g/mol. The van der Waals surface area contributed by atoms with E-state index in [4.69, 9.17) is 0 Å². The van der Waals surface area contributed by atoms with Crippen molar-refractivity contribution >= 4 is 33.6 Å². The van der Waals surface area contributed by atoms with E-state index in [9.17, 15) is 22.8 Å². The second-order valence-corrected chi connectivity index (χ2v) is 9.40. The van der Waals surface area contributed by atoms with Crippen molar-refractivity contribution in [2.75, 3.05) is 25.5 Å². The van der Waals surface area contributed by atoms with Gasteiger partial charge in [-0.15, -0.1) is 0 Å². The van der Waals surface area contributed by atoms with Crippen LogP contribution < -0.4 is 10.0 Å². The fourth-order valence-corrected chi connectivity index (χ4v) is 4.18.